The minimum Gasteiger partial charge on any atom is -0.370 e. The lowest BCUT2D eigenvalue weighted by atomic mass is 10.0. The Labute approximate surface area is 558 Å². The maximum atomic E-state index is 14.7. The van der Waals surface area contributed by atoms with E-state index in [0.29, 0.717) is 55.4 Å². The highest BCUT2D eigenvalue weighted by molar-refractivity contribution is 7.98. The molecule has 524 valence electrons. The van der Waals surface area contributed by atoms with Crippen molar-refractivity contribution >= 4 is 94.5 Å². The van der Waals surface area contributed by atoms with Crippen LogP contribution in [0.15, 0.2) is 65.7 Å². The number of nitrogens with zero attached hydrogens (tertiary/aromatic N) is 3. The van der Waals surface area contributed by atoms with E-state index in [0.717, 1.165) is 0 Å². The third-order valence-electron chi connectivity index (χ3n) is 16.0. The standard InChI is InChI=1S/C63H98N18O13S/c1-37(2)33-45(57(89)74-41(53(68)85)27-32-95-3)73-52(84)36-72-54(86)46(34-38-15-6-4-7-16-38)78-58(90)47(35-39-17-8-5-9-18-39)79-56(88)42(23-25-50(66)82)75-55(87)43(24-26-51(67)83)76-59(91)49-22-14-31-81(49)62(94)44(20-10-11-28-64)77-60(92)48-21-13-30-80(48)61(93)40(65)19-12-29-71-63(69)70/h4-9,15-18,37,40-49H,10-14,19-36,64-65H2,1-3H3,(H2,66,82)(H2,67,83)(H2,68,85)(H,72,86)(H,73,84)(H,74,89)(H,75,87)(H,76,91)(H,77,92)(H,78,90)(H,79,88)(H4,69,70,71)/t40-,41+,42+,43+,44-,45+,46-,47+,48+,49-/m1/s1. The Balaban J connectivity index is 1.56. The molecular weight excluding hydrogens is 1250 g/mol. The molecule has 2 fully saturated rings. The van der Waals surface area contributed by atoms with Crippen LogP contribution in [0.5, 0.6) is 0 Å². The minimum atomic E-state index is -1.64. The Hall–Kier alpha value is -8.91. The molecule has 0 saturated carbocycles. The van der Waals surface area contributed by atoms with Gasteiger partial charge < -0.3 is 92.5 Å². The second kappa shape index (κ2) is 41.0. The van der Waals surface area contributed by atoms with Gasteiger partial charge in [-0.25, -0.2) is 0 Å². The summed E-state index contributed by atoms with van der Waals surface area (Å²) < 4.78 is 0. The summed E-state index contributed by atoms with van der Waals surface area (Å²) >= 11 is 1.45. The second-order valence-corrected chi connectivity index (χ2v) is 25.1. The Morgan fingerprint density at radius 3 is 1.51 bits per heavy atom. The van der Waals surface area contributed by atoms with Gasteiger partial charge in [0.1, 0.15) is 54.4 Å². The average molecular weight is 1350 g/mol. The lowest BCUT2D eigenvalue weighted by Gasteiger charge is -2.32. The van der Waals surface area contributed by atoms with Crippen LogP contribution >= 0.6 is 11.8 Å². The fraction of sp³-hybridized carbons (Fsp3) is 0.587. The molecule has 2 aromatic rings. The molecule has 0 spiro atoms. The van der Waals surface area contributed by atoms with Crippen molar-refractivity contribution in [3.05, 3.63) is 71.8 Å². The summed E-state index contributed by atoms with van der Waals surface area (Å²) in [5.41, 5.74) is 40.6. The van der Waals surface area contributed by atoms with Crippen LogP contribution in [0.3, 0.4) is 0 Å². The van der Waals surface area contributed by atoms with E-state index < -0.39 is 169 Å². The molecule has 4 rings (SSSR count). The number of aliphatic imine (C=N–C) groups is 1. The summed E-state index contributed by atoms with van der Waals surface area (Å²) in [6, 6.07) is 4.51. The zero-order valence-corrected chi connectivity index (χ0v) is 55.3. The smallest absolute Gasteiger partial charge is 0.245 e. The quantitative estimate of drug-likeness (QED) is 0.0173. The van der Waals surface area contributed by atoms with Crippen molar-refractivity contribution in [2.45, 2.75) is 183 Å². The number of hydrogen-bond acceptors (Lipinski definition) is 17. The van der Waals surface area contributed by atoms with Crippen LogP contribution in [0.1, 0.15) is 121 Å². The second-order valence-electron chi connectivity index (χ2n) is 24.1. The van der Waals surface area contributed by atoms with Gasteiger partial charge in [-0.05, 0) is 119 Å². The molecule has 32 heteroatoms. The number of nitrogens with one attached hydrogen (secondary N) is 8. The zero-order chi connectivity index (χ0) is 70.1. The van der Waals surface area contributed by atoms with Gasteiger partial charge in [0.15, 0.2) is 5.96 Å². The van der Waals surface area contributed by atoms with Gasteiger partial charge in [0.2, 0.25) is 76.8 Å². The molecule has 13 amide bonds. The number of hydrogen-bond donors (Lipinski definition) is 15. The van der Waals surface area contributed by atoms with E-state index in [1.54, 1.807) is 60.7 Å². The molecule has 0 aromatic heterocycles. The first-order chi connectivity index (χ1) is 45.2. The number of likely N-dealkylation sites (tertiary alicyclic amines) is 2. The van der Waals surface area contributed by atoms with E-state index in [1.165, 1.54) is 21.6 Å². The van der Waals surface area contributed by atoms with Crippen LogP contribution in [0.4, 0.5) is 0 Å². The number of carbonyl (C=O) groups excluding carboxylic acids is 13. The van der Waals surface area contributed by atoms with Crippen molar-refractivity contribution in [3.8, 4) is 0 Å². The van der Waals surface area contributed by atoms with Crippen molar-refractivity contribution in [1.29, 1.82) is 0 Å². The molecule has 0 unspecified atom stereocenters. The van der Waals surface area contributed by atoms with Gasteiger partial charge in [0, 0.05) is 45.3 Å². The monoisotopic (exact) mass is 1350 g/mol. The van der Waals surface area contributed by atoms with Crippen LogP contribution in [0, 0.1) is 5.92 Å². The summed E-state index contributed by atoms with van der Waals surface area (Å²) in [5, 5.41) is 21.1. The summed E-state index contributed by atoms with van der Waals surface area (Å²) in [6.45, 7) is 3.86. The van der Waals surface area contributed by atoms with E-state index in [2.05, 4.69) is 47.5 Å². The van der Waals surface area contributed by atoms with Crippen molar-refractivity contribution in [2.75, 3.05) is 44.7 Å². The Kier molecular flexibility index (Phi) is 33.9. The molecule has 2 aromatic carbocycles. The summed E-state index contributed by atoms with van der Waals surface area (Å²) in [6.07, 6.45) is 3.12. The first-order valence-corrected chi connectivity index (χ1v) is 33.6. The van der Waals surface area contributed by atoms with Gasteiger partial charge in [-0.3, -0.25) is 67.3 Å². The van der Waals surface area contributed by atoms with Crippen LogP contribution in [0.2, 0.25) is 0 Å². The lowest BCUT2D eigenvalue weighted by Crippen LogP contribution is -2.60. The van der Waals surface area contributed by atoms with Gasteiger partial charge >= 0.3 is 0 Å². The highest BCUT2D eigenvalue weighted by Crippen LogP contribution is 2.24. The van der Waals surface area contributed by atoms with E-state index in [1.807, 2.05) is 20.1 Å². The molecule has 31 nitrogen and oxygen atoms in total. The normalized spacial score (nSPS) is 16.8. The molecule has 2 heterocycles. The van der Waals surface area contributed by atoms with E-state index >= 15 is 0 Å². The molecule has 0 aliphatic carbocycles. The average Bonchev–Trinajstić information content (AvgIpc) is 1.74. The van der Waals surface area contributed by atoms with E-state index in [4.69, 9.17) is 40.1 Å². The molecule has 2 aliphatic heterocycles. The van der Waals surface area contributed by atoms with Crippen LogP contribution < -0.4 is 82.7 Å². The van der Waals surface area contributed by atoms with Gasteiger partial charge in [-0.15, -0.1) is 0 Å². The number of carbonyl (C=O) groups is 13. The van der Waals surface area contributed by atoms with Crippen molar-refractivity contribution in [3.63, 3.8) is 0 Å². The Morgan fingerprint density at radius 1 is 0.537 bits per heavy atom. The number of nitrogens with two attached hydrogens (primary N) is 7. The fourth-order valence-corrected chi connectivity index (χ4v) is 11.5. The largest absolute Gasteiger partial charge is 0.370 e. The maximum Gasteiger partial charge on any atom is 0.245 e. The number of rotatable bonds is 42. The summed E-state index contributed by atoms with van der Waals surface area (Å²) in [4.78, 5) is 185. The molecule has 2 aliphatic rings. The SMILES string of the molecule is CSCC[C@H](NC(=O)[C@H](CC(C)C)NC(=O)CNC(=O)[C@@H](Cc1ccccc1)NC(=O)[C@H](Cc1ccccc1)NC(=O)[C@H](CCC(N)=O)NC(=O)[C@H](CCC(N)=O)NC(=O)[C@H]1CCCN1C(=O)[C@@H](CCCCN)NC(=O)[C@@H]1CCCN1C(=O)[C@H](N)CCCN=C(N)N)C(N)=O. The summed E-state index contributed by atoms with van der Waals surface area (Å²) in [7, 11) is 0. The number of amides is 13. The molecule has 0 radical (unpaired) electrons. The zero-order valence-electron chi connectivity index (χ0n) is 54.5. The van der Waals surface area contributed by atoms with Gasteiger partial charge in [-0.2, -0.15) is 11.8 Å². The van der Waals surface area contributed by atoms with Crippen molar-refractivity contribution < 1.29 is 62.3 Å². The number of unbranched alkanes of at least 4 members (excludes halogenated alkanes) is 1. The van der Waals surface area contributed by atoms with E-state index in [-0.39, 0.29) is 83.0 Å². The lowest BCUT2D eigenvalue weighted by molar-refractivity contribution is -0.144. The maximum absolute atomic E-state index is 14.7. The third kappa shape index (κ3) is 27.5. The Bertz CT molecular complexity index is 2960. The number of benzene rings is 2. The molecule has 22 N–H and O–H groups in total. The number of primary amides is 3. The van der Waals surface area contributed by atoms with Crippen LogP contribution in [0.25, 0.3) is 0 Å². The summed E-state index contributed by atoms with van der Waals surface area (Å²) in [5.74, 6) is -9.80. The number of guanidine groups is 1. The highest BCUT2D eigenvalue weighted by Gasteiger charge is 2.42. The third-order valence-corrected chi connectivity index (χ3v) is 16.7. The minimum absolute atomic E-state index is 0.0736. The number of thioether (sulfide) groups is 1. The molecule has 0 bridgehead atoms. The topological polar surface area (TPSA) is 519 Å². The first kappa shape index (κ1) is 78.5. The molecule has 2 saturated heterocycles. The Morgan fingerprint density at radius 2 is 1.01 bits per heavy atom. The van der Waals surface area contributed by atoms with Crippen molar-refractivity contribution in [1.82, 2.24) is 52.3 Å². The van der Waals surface area contributed by atoms with Crippen LogP contribution in [-0.2, 0) is 75.2 Å². The van der Waals surface area contributed by atoms with Crippen molar-refractivity contribution in [2.24, 2.45) is 51.0 Å². The molecular formula is C63H98N18O13S. The first-order valence-electron chi connectivity index (χ1n) is 32.2. The van der Waals surface area contributed by atoms with E-state index in [9.17, 15) is 62.3 Å². The molecule has 10 atom stereocenters. The predicted octanol–water partition coefficient (Wildman–Crippen LogP) is -3.71. The van der Waals surface area contributed by atoms with Crippen LogP contribution in [-0.4, -0.2) is 198 Å². The van der Waals surface area contributed by atoms with Gasteiger partial charge in [-0.1, -0.05) is 74.5 Å². The molecule has 95 heavy (non-hydrogen) atoms. The fourth-order valence-electron chi connectivity index (χ4n) is 11.0. The van der Waals surface area contributed by atoms with Gasteiger partial charge in [0.05, 0.1) is 12.6 Å². The highest BCUT2D eigenvalue weighted by atomic mass is 32.2. The van der Waals surface area contributed by atoms with Gasteiger partial charge in [0.25, 0.3) is 0 Å². The predicted molar refractivity (Wildman–Crippen MR) is 356 cm³/mol.